The van der Waals surface area contributed by atoms with Crippen LogP contribution >= 0.6 is 12.2 Å². The van der Waals surface area contributed by atoms with Gasteiger partial charge in [0.1, 0.15) is 0 Å². The van der Waals surface area contributed by atoms with E-state index in [0.29, 0.717) is 6.04 Å². The minimum atomic E-state index is 0.0903. The lowest BCUT2D eigenvalue weighted by molar-refractivity contribution is 0.292. The third-order valence-corrected chi connectivity index (χ3v) is 6.38. The van der Waals surface area contributed by atoms with Crippen molar-refractivity contribution in [3.05, 3.63) is 54.1 Å². The molecule has 5 nitrogen and oxygen atoms in total. The quantitative estimate of drug-likeness (QED) is 0.717. The Bertz CT molecular complexity index is 781. The zero-order valence-electron chi connectivity index (χ0n) is 16.9. The van der Waals surface area contributed by atoms with Crippen LogP contribution < -0.4 is 5.32 Å². The zero-order chi connectivity index (χ0) is 19.5. The molecule has 4 rings (SSSR count). The van der Waals surface area contributed by atoms with Crippen LogP contribution in [0.2, 0.25) is 0 Å². The van der Waals surface area contributed by atoms with E-state index in [4.69, 9.17) is 12.2 Å². The Morgan fingerprint density at radius 1 is 1.21 bits per heavy atom. The normalized spacial score (nSPS) is 23.0. The second kappa shape index (κ2) is 8.62. The first-order valence-corrected chi connectivity index (χ1v) is 10.8. The second-order valence-electron chi connectivity index (χ2n) is 8.31. The van der Waals surface area contributed by atoms with Crippen LogP contribution in [0.15, 0.2) is 42.9 Å². The summed E-state index contributed by atoms with van der Waals surface area (Å²) in [6.07, 6.45) is 12.9. The lowest BCUT2D eigenvalue weighted by Gasteiger charge is -2.27. The van der Waals surface area contributed by atoms with E-state index in [2.05, 4.69) is 69.4 Å². The van der Waals surface area contributed by atoms with Crippen LogP contribution in [0.3, 0.4) is 0 Å². The number of aromatic nitrogens is 2. The fourth-order valence-electron chi connectivity index (χ4n) is 4.60. The van der Waals surface area contributed by atoms with Gasteiger partial charge in [-0.3, -0.25) is 4.98 Å². The van der Waals surface area contributed by atoms with Crippen LogP contribution in [0.25, 0.3) is 0 Å². The fraction of sp³-hybridized carbons (Fsp3) is 0.545. The molecule has 0 aromatic carbocycles. The van der Waals surface area contributed by atoms with Gasteiger partial charge < -0.3 is 19.7 Å². The molecule has 28 heavy (non-hydrogen) atoms. The first kappa shape index (κ1) is 19.4. The molecule has 1 aliphatic heterocycles. The molecule has 2 aromatic rings. The number of nitrogens with one attached hydrogen (secondary N) is 1. The highest BCUT2D eigenvalue weighted by Gasteiger charge is 2.40. The molecule has 3 heterocycles. The molecular weight excluding hydrogens is 366 g/mol. The Kier molecular flexibility index (Phi) is 5.97. The molecule has 0 spiro atoms. The lowest BCUT2D eigenvalue weighted by Crippen LogP contribution is -2.32. The molecule has 2 aliphatic rings. The van der Waals surface area contributed by atoms with Crippen molar-refractivity contribution in [2.45, 2.75) is 50.2 Å². The predicted molar refractivity (Wildman–Crippen MR) is 117 cm³/mol. The van der Waals surface area contributed by atoms with Crippen molar-refractivity contribution in [2.75, 3.05) is 27.2 Å². The maximum Gasteiger partial charge on any atom is 0.170 e. The van der Waals surface area contributed by atoms with Crippen LogP contribution in [0.4, 0.5) is 0 Å². The molecule has 6 heteroatoms. The minimum Gasteiger partial charge on any atom is -0.352 e. The van der Waals surface area contributed by atoms with Crippen molar-refractivity contribution < 1.29 is 0 Å². The molecule has 1 saturated carbocycles. The molecule has 1 N–H and O–H groups in total. The summed E-state index contributed by atoms with van der Waals surface area (Å²) in [7, 11) is 4.24. The summed E-state index contributed by atoms with van der Waals surface area (Å²) < 4.78 is 2.43. The zero-order valence-corrected chi connectivity index (χ0v) is 17.7. The topological polar surface area (TPSA) is 36.3 Å². The Morgan fingerprint density at radius 3 is 2.75 bits per heavy atom. The van der Waals surface area contributed by atoms with Gasteiger partial charge in [0.15, 0.2) is 5.11 Å². The van der Waals surface area contributed by atoms with Gasteiger partial charge in [-0.2, -0.15) is 0 Å². The molecule has 2 fully saturated rings. The maximum absolute atomic E-state index is 5.75. The maximum atomic E-state index is 5.75. The van der Waals surface area contributed by atoms with Crippen LogP contribution in [0.5, 0.6) is 0 Å². The van der Waals surface area contributed by atoms with E-state index >= 15 is 0 Å². The van der Waals surface area contributed by atoms with E-state index < -0.39 is 0 Å². The molecule has 2 atom stereocenters. The highest BCUT2D eigenvalue weighted by atomic mass is 32.1. The smallest absolute Gasteiger partial charge is 0.170 e. The summed E-state index contributed by atoms with van der Waals surface area (Å²) >= 11 is 5.75. The molecule has 0 bridgehead atoms. The van der Waals surface area contributed by atoms with E-state index in [0.717, 1.165) is 30.3 Å². The highest BCUT2D eigenvalue weighted by Crippen LogP contribution is 2.40. The average Bonchev–Trinajstić information content (AvgIpc) is 3.42. The monoisotopic (exact) mass is 397 g/mol. The summed E-state index contributed by atoms with van der Waals surface area (Å²) in [5, 5.41) is 4.40. The number of rotatable bonds is 7. The molecule has 150 valence electrons. The van der Waals surface area contributed by atoms with Crippen molar-refractivity contribution in [1.29, 1.82) is 0 Å². The minimum absolute atomic E-state index is 0.0903. The number of thiocarbonyl (C=S) groups is 1. The first-order valence-electron chi connectivity index (χ1n) is 10.4. The number of hydrogen-bond donors (Lipinski definition) is 1. The summed E-state index contributed by atoms with van der Waals surface area (Å²) in [5.74, 6) is 0. The molecular formula is C22H31N5S. The molecule has 0 radical (unpaired) electrons. The van der Waals surface area contributed by atoms with Crippen LogP contribution in [-0.2, 0) is 0 Å². The van der Waals surface area contributed by atoms with Gasteiger partial charge in [-0.1, -0.05) is 18.9 Å². The van der Waals surface area contributed by atoms with Gasteiger partial charge >= 0.3 is 0 Å². The van der Waals surface area contributed by atoms with Gasteiger partial charge in [0.25, 0.3) is 0 Å². The van der Waals surface area contributed by atoms with E-state index in [1.807, 2.05) is 12.3 Å². The summed E-state index contributed by atoms with van der Waals surface area (Å²) in [6.45, 7) is 2.01. The molecule has 2 aromatic heterocycles. The predicted octanol–water partition coefficient (Wildman–Crippen LogP) is 3.92. The third-order valence-electron chi connectivity index (χ3n) is 6.03. The number of nitrogens with zero attached hydrogens (tertiary/aromatic N) is 4. The molecule has 2 unspecified atom stereocenters. The van der Waals surface area contributed by atoms with Gasteiger partial charge in [-0.05, 0) is 75.9 Å². The Balaban J connectivity index is 1.61. The summed E-state index contributed by atoms with van der Waals surface area (Å²) in [6, 6.07) is 9.35. The van der Waals surface area contributed by atoms with Crippen molar-refractivity contribution in [1.82, 2.24) is 24.7 Å². The summed E-state index contributed by atoms with van der Waals surface area (Å²) in [5.41, 5.74) is 2.39. The van der Waals surface area contributed by atoms with Crippen LogP contribution in [0.1, 0.15) is 61.5 Å². The highest BCUT2D eigenvalue weighted by molar-refractivity contribution is 7.80. The standard InChI is InChI=1S/C22H31N5S/c1-25(2)13-7-14-27-21(17-11-15-26(16-17)18-8-3-4-9-18)20(24-22(27)28)19-10-5-6-12-23-19/h5-6,10-12,15-16,18,20-21H,3-4,7-9,13-14H2,1-2H3,(H,24,28). The van der Waals surface area contributed by atoms with Crippen LogP contribution in [0, 0.1) is 0 Å². The van der Waals surface area contributed by atoms with Crippen molar-refractivity contribution in [3.8, 4) is 0 Å². The van der Waals surface area contributed by atoms with Gasteiger partial charge in [0, 0.05) is 31.2 Å². The van der Waals surface area contributed by atoms with Gasteiger partial charge in [-0.25, -0.2) is 0 Å². The lowest BCUT2D eigenvalue weighted by atomic mass is 9.99. The average molecular weight is 398 g/mol. The molecule has 0 amide bonds. The van der Waals surface area contributed by atoms with E-state index in [9.17, 15) is 0 Å². The van der Waals surface area contributed by atoms with E-state index in [-0.39, 0.29) is 12.1 Å². The van der Waals surface area contributed by atoms with Gasteiger partial charge in [-0.15, -0.1) is 0 Å². The molecule has 1 aliphatic carbocycles. The first-order chi connectivity index (χ1) is 13.6. The Labute approximate surface area is 173 Å². The SMILES string of the molecule is CN(C)CCCN1C(=S)NC(c2ccccn2)C1c1ccn(C2CCCC2)c1. The third kappa shape index (κ3) is 4.08. The van der Waals surface area contributed by atoms with Crippen molar-refractivity contribution in [2.24, 2.45) is 0 Å². The Hall–Kier alpha value is -1.92. The van der Waals surface area contributed by atoms with Crippen molar-refractivity contribution >= 4 is 17.3 Å². The second-order valence-corrected chi connectivity index (χ2v) is 8.69. The van der Waals surface area contributed by atoms with Gasteiger partial charge in [0.05, 0.1) is 17.8 Å². The van der Waals surface area contributed by atoms with Gasteiger partial charge in [0.2, 0.25) is 0 Å². The van der Waals surface area contributed by atoms with E-state index in [1.54, 1.807) is 0 Å². The largest absolute Gasteiger partial charge is 0.352 e. The Morgan fingerprint density at radius 2 is 2.04 bits per heavy atom. The van der Waals surface area contributed by atoms with E-state index in [1.165, 1.54) is 31.2 Å². The fourth-order valence-corrected chi connectivity index (χ4v) is 4.93. The number of hydrogen-bond acceptors (Lipinski definition) is 3. The van der Waals surface area contributed by atoms with Crippen molar-refractivity contribution in [3.63, 3.8) is 0 Å². The summed E-state index contributed by atoms with van der Waals surface area (Å²) in [4.78, 5) is 9.23. The van der Waals surface area contributed by atoms with Crippen LogP contribution in [-0.4, -0.2) is 51.6 Å². The number of pyridine rings is 1. The molecule has 1 saturated heterocycles.